The number of ether oxygens (including phenoxy) is 4. The van der Waals surface area contributed by atoms with Crippen LogP contribution in [0, 0.1) is 0 Å². The van der Waals surface area contributed by atoms with Gasteiger partial charge in [-0.1, -0.05) is 11.6 Å². The van der Waals surface area contributed by atoms with Crippen molar-refractivity contribution in [1.82, 2.24) is 4.90 Å². The molecule has 0 radical (unpaired) electrons. The van der Waals surface area contributed by atoms with Crippen LogP contribution in [0.1, 0.15) is 24.8 Å². The van der Waals surface area contributed by atoms with Crippen molar-refractivity contribution >= 4 is 11.6 Å². The second-order valence-corrected chi connectivity index (χ2v) is 6.75. The molecule has 0 aliphatic carbocycles. The summed E-state index contributed by atoms with van der Waals surface area (Å²) >= 11 is 6.37. The molecule has 1 aromatic rings. The Bertz CT molecular complexity index is 564. The summed E-state index contributed by atoms with van der Waals surface area (Å²) in [6.07, 6.45) is 2.73. The van der Waals surface area contributed by atoms with Crippen molar-refractivity contribution in [2.45, 2.75) is 31.6 Å². The van der Waals surface area contributed by atoms with Gasteiger partial charge in [0.2, 0.25) is 0 Å². The second-order valence-electron chi connectivity index (χ2n) is 6.34. The molecule has 0 amide bonds. The Morgan fingerprint density at radius 1 is 1.00 bits per heavy atom. The monoisotopic (exact) mass is 339 g/mol. The highest BCUT2D eigenvalue weighted by Crippen LogP contribution is 2.39. The second kappa shape index (κ2) is 6.48. The number of rotatable bonds is 2. The minimum atomic E-state index is -0.321. The van der Waals surface area contributed by atoms with E-state index in [0.29, 0.717) is 24.0 Å². The van der Waals surface area contributed by atoms with Gasteiger partial charge in [0.25, 0.3) is 0 Å². The van der Waals surface area contributed by atoms with E-state index in [1.54, 1.807) is 0 Å². The average molecular weight is 340 g/mol. The van der Waals surface area contributed by atoms with E-state index in [-0.39, 0.29) is 5.79 Å². The largest absolute Gasteiger partial charge is 0.489 e. The van der Waals surface area contributed by atoms with Gasteiger partial charge in [0.05, 0.1) is 31.5 Å². The fourth-order valence-electron chi connectivity index (χ4n) is 3.47. The predicted molar refractivity (Wildman–Crippen MR) is 86.2 cm³/mol. The molecule has 126 valence electrons. The average Bonchev–Trinajstić information content (AvgIpc) is 2.86. The number of hydrogen-bond acceptors (Lipinski definition) is 5. The smallest absolute Gasteiger partial charge is 0.179 e. The Kier molecular flexibility index (Phi) is 4.37. The number of benzene rings is 1. The van der Waals surface area contributed by atoms with Crippen LogP contribution >= 0.6 is 11.6 Å². The topological polar surface area (TPSA) is 40.2 Å². The lowest BCUT2D eigenvalue weighted by atomic mass is 10.0. The van der Waals surface area contributed by atoms with Crippen molar-refractivity contribution in [2.24, 2.45) is 0 Å². The number of piperidine rings is 1. The summed E-state index contributed by atoms with van der Waals surface area (Å²) in [6.45, 7) is 5.55. The highest BCUT2D eigenvalue weighted by atomic mass is 35.5. The highest BCUT2D eigenvalue weighted by molar-refractivity contribution is 6.32. The van der Waals surface area contributed by atoms with Crippen LogP contribution < -0.4 is 9.47 Å². The molecule has 6 heteroatoms. The van der Waals surface area contributed by atoms with E-state index < -0.39 is 0 Å². The lowest BCUT2D eigenvalue weighted by molar-refractivity contribution is -0.185. The van der Waals surface area contributed by atoms with Gasteiger partial charge in [0.1, 0.15) is 0 Å². The zero-order valence-corrected chi connectivity index (χ0v) is 13.9. The predicted octanol–water partition coefficient (Wildman–Crippen LogP) is 2.84. The fourth-order valence-corrected chi connectivity index (χ4v) is 3.76. The third kappa shape index (κ3) is 3.29. The number of hydrogen-bond donors (Lipinski definition) is 0. The maximum absolute atomic E-state index is 6.37. The molecule has 2 fully saturated rings. The Morgan fingerprint density at radius 3 is 2.52 bits per heavy atom. The van der Waals surface area contributed by atoms with Crippen molar-refractivity contribution in [3.05, 3.63) is 22.7 Å². The molecule has 2 saturated heterocycles. The van der Waals surface area contributed by atoms with Crippen LogP contribution in [0.5, 0.6) is 11.5 Å². The van der Waals surface area contributed by atoms with Crippen molar-refractivity contribution in [3.63, 3.8) is 0 Å². The molecular formula is C17H22ClNO4. The van der Waals surface area contributed by atoms with Gasteiger partial charge in [0, 0.05) is 38.9 Å². The lowest BCUT2D eigenvalue weighted by Crippen LogP contribution is -2.44. The summed E-state index contributed by atoms with van der Waals surface area (Å²) in [7, 11) is 0. The van der Waals surface area contributed by atoms with Crippen LogP contribution in [-0.4, -0.2) is 50.2 Å². The van der Waals surface area contributed by atoms with Crippen molar-refractivity contribution in [2.75, 3.05) is 39.5 Å². The first kappa shape index (κ1) is 15.5. The van der Waals surface area contributed by atoms with E-state index in [2.05, 4.69) is 11.0 Å². The van der Waals surface area contributed by atoms with Crippen LogP contribution in [0.25, 0.3) is 0 Å². The van der Waals surface area contributed by atoms with E-state index in [1.807, 2.05) is 6.07 Å². The van der Waals surface area contributed by atoms with E-state index in [1.165, 1.54) is 0 Å². The third-order valence-electron chi connectivity index (χ3n) is 4.70. The summed E-state index contributed by atoms with van der Waals surface area (Å²) in [4.78, 5) is 2.41. The quantitative estimate of drug-likeness (QED) is 0.828. The maximum Gasteiger partial charge on any atom is 0.179 e. The molecule has 0 N–H and O–H groups in total. The van der Waals surface area contributed by atoms with Crippen molar-refractivity contribution < 1.29 is 18.9 Å². The molecule has 0 atom stereocenters. The highest BCUT2D eigenvalue weighted by Gasteiger charge is 2.39. The summed E-state index contributed by atoms with van der Waals surface area (Å²) in [6, 6.07) is 4.04. The van der Waals surface area contributed by atoms with E-state index in [9.17, 15) is 0 Å². The molecule has 0 aromatic heterocycles. The van der Waals surface area contributed by atoms with Gasteiger partial charge in [-0.25, -0.2) is 0 Å². The Hall–Kier alpha value is -1.01. The SMILES string of the molecule is Clc1cc(CN2CCC3(CC2)OCCO3)cc2c1OCCCO2. The zero-order chi connectivity index (χ0) is 15.7. The summed E-state index contributed by atoms with van der Waals surface area (Å²) in [5, 5.41) is 0.635. The molecule has 23 heavy (non-hydrogen) atoms. The van der Waals surface area contributed by atoms with Crippen LogP contribution in [0.4, 0.5) is 0 Å². The molecule has 3 aliphatic rings. The number of fused-ring (bicyclic) bond motifs is 1. The van der Waals surface area contributed by atoms with Gasteiger partial charge < -0.3 is 18.9 Å². The molecule has 3 heterocycles. The van der Waals surface area contributed by atoms with Crippen LogP contribution in [0.15, 0.2) is 12.1 Å². The number of nitrogens with zero attached hydrogens (tertiary/aromatic N) is 1. The molecule has 0 saturated carbocycles. The number of halogens is 1. The Balaban J connectivity index is 1.43. The standard InChI is InChI=1S/C17H22ClNO4/c18-14-10-13(11-15-16(14)21-7-1-6-20-15)12-19-4-2-17(3-5-19)22-8-9-23-17/h10-11H,1-9,12H2. The van der Waals surface area contributed by atoms with Gasteiger partial charge in [-0.05, 0) is 17.7 Å². The summed E-state index contributed by atoms with van der Waals surface area (Å²) in [5.74, 6) is 1.12. The molecule has 0 bridgehead atoms. The van der Waals surface area contributed by atoms with Crippen LogP contribution in [-0.2, 0) is 16.0 Å². The van der Waals surface area contributed by atoms with Gasteiger partial charge in [-0.3, -0.25) is 4.90 Å². The molecule has 4 rings (SSSR count). The van der Waals surface area contributed by atoms with Gasteiger partial charge in [0.15, 0.2) is 17.3 Å². The molecule has 1 spiro atoms. The first-order valence-corrected chi connectivity index (χ1v) is 8.70. The zero-order valence-electron chi connectivity index (χ0n) is 13.2. The van der Waals surface area contributed by atoms with Gasteiger partial charge >= 0.3 is 0 Å². The molecule has 3 aliphatic heterocycles. The van der Waals surface area contributed by atoms with Gasteiger partial charge in [-0.2, -0.15) is 0 Å². The minimum absolute atomic E-state index is 0.321. The van der Waals surface area contributed by atoms with Crippen LogP contribution in [0.3, 0.4) is 0 Å². The Labute approximate surface area is 141 Å². The summed E-state index contributed by atoms with van der Waals surface area (Å²) in [5.41, 5.74) is 1.16. The van der Waals surface area contributed by atoms with Crippen molar-refractivity contribution in [1.29, 1.82) is 0 Å². The van der Waals surface area contributed by atoms with Crippen molar-refractivity contribution in [3.8, 4) is 11.5 Å². The third-order valence-corrected chi connectivity index (χ3v) is 4.98. The first-order chi connectivity index (χ1) is 11.2. The Morgan fingerprint density at radius 2 is 1.74 bits per heavy atom. The maximum atomic E-state index is 6.37. The number of likely N-dealkylation sites (tertiary alicyclic amines) is 1. The first-order valence-electron chi connectivity index (χ1n) is 8.32. The minimum Gasteiger partial charge on any atom is -0.489 e. The van der Waals surface area contributed by atoms with E-state index >= 15 is 0 Å². The normalized spacial score (nSPS) is 23.9. The van der Waals surface area contributed by atoms with Crippen LogP contribution in [0.2, 0.25) is 5.02 Å². The molecular weight excluding hydrogens is 318 g/mol. The molecule has 5 nitrogen and oxygen atoms in total. The van der Waals surface area contributed by atoms with Gasteiger partial charge in [-0.15, -0.1) is 0 Å². The molecule has 1 aromatic carbocycles. The lowest BCUT2D eigenvalue weighted by Gasteiger charge is -2.37. The summed E-state index contributed by atoms with van der Waals surface area (Å²) < 4.78 is 23.0. The van der Waals surface area contributed by atoms with E-state index in [0.717, 1.165) is 63.4 Å². The molecule has 0 unspecified atom stereocenters. The van der Waals surface area contributed by atoms with E-state index in [4.69, 9.17) is 30.5 Å². The fraction of sp³-hybridized carbons (Fsp3) is 0.647.